The molecule has 0 N–H and O–H groups in total. The number of benzene rings is 2. The number of hydrogen-bond acceptors (Lipinski definition) is 4. The first-order valence-corrected chi connectivity index (χ1v) is 10.9. The van der Waals surface area contributed by atoms with Crippen LogP contribution in [0.1, 0.15) is 18.2 Å². The number of hydrogen-bond donors (Lipinski definition) is 0. The van der Waals surface area contributed by atoms with E-state index < -0.39 is 0 Å². The van der Waals surface area contributed by atoms with Gasteiger partial charge in [0.15, 0.2) is 5.82 Å². The molecule has 4 rings (SSSR count). The quantitative estimate of drug-likeness (QED) is 0.370. The predicted molar refractivity (Wildman–Crippen MR) is 114 cm³/mol. The van der Waals surface area contributed by atoms with Gasteiger partial charge in [0.2, 0.25) is 0 Å². The monoisotopic (exact) mass is 477 g/mol. The van der Waals surface area contributed by atoms with Crippen LogP contribution in [0, 0.1) is 9.49 Å². The van der Waals surface area contributed by atoms with E-state index in [9.17, 15) is 0 Å². The van der Waals surface area contributed by atoms with Crippen LogP contribution < -0.4 is 0 Å². The molecule has 3 aromatic rings. The Balaban J connectivity index is 1.74. The molecule has 1 fully saturated rings. The molecule has 0 unspecified atom stereocenters. The summed E-state index contributed by atoms with van der Waals surface area (Å²) in [4.78, 5) is 6.16. The van der Waals surface area contributed by atoms with E-state index in [1.807, 2.05) is 4.68 Å². The summed E-state index contributed by atoms with van der Waals surface area (Å²) in [6.45, 7) is 0.780. The highest BCUT2D eigenvalue weighted by atomic mass is 127. The summed E-state index contributed by atoms with van der Waals surface area (Å²) in [5.41, 5.74) is 2.11. The van der Waals surface area contributed by atoms with Crippen LogP contribution in [0.3, 0.4) is 0 Å². The summed E-state index contributed by atoms with van der Waals surface area (Å²) >= 11 is 4.06. The van der Waals surface area contributed by atoms with Gasteiger partial charge in [-0.3, -0.25) is 0 Å². The second kappa shape index (κ2) is 7.70. The largest absolute Gasteiger partial charge is 0.384 e. The molecule has 1 aromatic heterocycles. The molecule has 0 bridgehead atoms. The Bertz CT molecular complexity index is 892. The Morgan fingerprint density at radius 1 is 1.15 bits per heavy atom. The van der Waals surface area contributed by atoms with Gasteiger partial charge in [-0.2, -0.15) is 0 Å². The predicted octanol–water partition coefficient (Wildman–Crippen LogP) is 5.01. The van der Waals surface area contributed by atoms with E-state index in [1.165, 1.54) is 8.47 Å². The molecule has 0 amide bonds. The average Bonchev–Trinajstić information content (AvgIpc) is 3.29. The van der Waals surface area contributed by atoms with Crippen molar-refractivity contribution in [1.82, 2.24) is 14.8 Å². The highest BCUT2D eigenvalue weighted by Crippen LogP contribution is 2.47. The van der Waals surface area contributed by atoms with E-state index in [0.29, 0.717) is 11.8 Å². The second-order valence-electron chi connectivity index (χ2n) is 6.47. The van der Waals surface area contributed by atoms with Crippen molar-refractivity contribution in [2.75, 3.05) is 20.0 Å². The lowest BCUT2D eigenvalue weighted by Gasteiger charge is -2.06. The van der Waals surface area contributed by atoms with Crippen LogP contribution in [0.5, 0.6) is 0 Å². The van der Waals surface area contributed by atoms with Gasteiger partial charge >= 0.3 is 0 Å². The van der Waals surface area contributed by atoms with Gasteiger partial charge < -0.3 is 4.74 Å². The second-order valence-corrected chi connectivity index (χ2v) is 8.59. The molecule has 0 aliphatic heterocycles. The molecule has 0 saturated heterocycles. The standard InChI is InChI=1S/C20H20IN3OS/c1-25-12-14-11-18(14)20-22-19(13-3-5-15(21)6-4-13)23-24(20)16-7-9-17(26-2)10-8-16/h3-10,14,18H,11-12H2,1-2H3/t14-,18+/m0/s1. The maximum absolute atomic E-state index is 5.34. The van der Waals surface area contributed by atoms with E-state index in [-0.39, 0.29) is 0 Å². The Morgan fingerprint density at radius 3 is 2.54 bits per heavy atom. The average molecular weight is 477 g/mol. The van der Waals surface area contributed by atoms with Crippen molar-refractivity contribution in [3.8, 4) is 17.1 Å². The van der Waals surface area contributed by atoms with Crippen molar-refractivity contribution in [1.29, 1.82) is 0 Å². The Morgan fingerprint density at radius 2 is 1.88 bits per heavy atom. The molecule has 6 heteroatoms. The summed E-state index contributed by atoms with van der Waals surface area (Å²) in [6.07, 6.45) is 3.20. The molecule has 0 spiro atoms. The van der Waals surface area contributed by atoms with Crippen molar-refractivity contribution in [3.05, 3.63) is 57.9 Å². The van der Waals surface area contributed by atoms with E-state index in [2.05, 4.69) is 77.4 Å². The van der Waals surface area contributed by atoms with Crippen molar-refractivity contribution in [2.45, 2.75) is 17.2 Å². The molecule has 1 heterocycles. The summed E-state index contributed by atoms with van der Waals surface area (Å²) in [6, 6.07) is 16.9. The van der Waals surface area contributed by atoms with Crippen LogP contribution in [0.4, 0.5) is 0 Å². The SMILES string of the molecule is COC[C@@H]1C[C@H]1c1nc(-c2ccc(I)cc2)nn1-c1ccc(SC)cc1. The third-order valence-electron chi connectivity index (χ3n) is 4.69. The minimum Gasteiger partial charge on any atom is -0.384 e. The Kier molecular flexibility index (Phi) is 5.33. The number of rotatable bonds is 6. The van der Waals surface area contributed by atoms with Gasteiger partial charge in [-0.15, -0.1) is 16.9 Å². The minimum absolute atomic E-state index is 0.417. The first kappa shape index (κ1) is 18.0. The minimum atomic E-state index is 0.417. The van der Waals surface area contributed by atoms with Crippen LogP contribution in [-0.4, -0.2) is 34.7 Å². The number of halogens is 1. The third kappa shape index (κ3) is 3.68. The number of aromatic nitrogens is 3. The highest BCUT2D eigenvalue weighted by molar-refractivity contribution is 14.1. The van der Waals surface area contributed by atoms with Gasteiger partial charge in [0.25, 0.3) is 0 Å². The van der Waals surface area contributed by atoms with E-state index in [4.69, 9.17) is 14.8 Å². The summed E-state index contributed by atoms with van der Waals surface area (Å²) in [5.74, 6) is 2.78. The molecule has 0 radical (unpaired) electrons. The Labute approximate surface area is 171 Å². The summed E-state index contributed by atoms with van der Waals surface area (Å²) in [7, 11) is 1.76. The molecular weight excluding hydrogens is 457 g/mol. The fourth-order valence-corrected chi connectivity index (χ4v) is 3.93. The van der Waals surface area contributed by atoms with Crippen molar-refractivity contribution < 1.29 is 4.74 Å². The fraction of sp³-hybridized carbons (Fsp3) is 0.300. The third-order valence-corrected chi connectivity index (χ3v) is 6.15. The van der Waals surface area contributed by atoms with Crippen LogP contribution in [-0.2, 0) is 4.74 Å². The summed E-state index contributed by atoms with van der Waals surface area (Å²) in [5, 5.41) is 4.85. The van der Waals surface area contributed by atoms with Crippen LogP contribution >= 0.6 is 34.4 Å². The molecule has 1 aliphatic carbocycles. The van der Waals surface area contributed by atoms with Crippen molar-refractivity contribution >= 4 is 34.4 Å². The van der Waals surface area contributed by atoms with E-state index >= 15 is 0 Å². The molecule has 4 nitrogen and oxygen atoms in total. The fourth-order valence-electron chi connectivity index (χ4n) is 3.16. The molecule has 1 aliphatic rings. The van der Waals surface area contributed by atoms with Gasteiger partial charge in [0.05, 0.1) is 5.69 Å². The maximum atomic E-state index is 5.34. The topological polar surface area (TPSA) is 39.9 Å². The zero-order chi connectivity index (χ0) is 18.1. The lowest BCUT2D eigenvalue weighted by Crippen LogP contribution is -2.04. The molecular formula is C20H20IN3OS. The van der Waals surface area contributed by atoms with Crippen LogP contribution in [0.15, 0.2) is 53.4 Å². The van der Waals surface area contributed by atoms with Gasteiger partial charge in [-0.05, 0) is 77.6 Å². The van der Waals surface area contributed by atoms with Gasteiger partial charge in [0.1, 0.15) is 5.82 Å². The number of thioether (sulfide) groups is 1. The molecule has 1 saturated carbocycles. The van der Waals surface area contributed by atoms with E-state index in [1.54, 1.807) is 18.9 Å². The number of nitrogens with zero attached hydrogens (tertiary/aromatic N) is 3. The normalized spacial score (nSPS) is 18.9. The molecule has 2 aromatic carbocycles. The zero-order valence-corrected chi connectivity index (χ0v) is 17.7. The first-order valence-electron chi connectivity index (χ1n) is 8.56. The number of ether oxygens (including phenoxy) is 1. The van der Waals surface area contributed by atoms with Crippen LogP contribution in [0.2, 0.25) is 0 Å². The van der Waals surface area contributed by atoms with Crippen molar-refractivity contribution in [3.63, 3.8) is 0 Å². The molecule has 26 heavy (non-hydrogen) atoms. The van der Waals surface area contributed by atoms with Crippen molar-refractivity contribution in [2.24, 2.45) is 5.92 Å². The first-order chi connectivity index (χ1) is 12.7. The Hall–Kier alpha value is -1.38. The number of methoxy groups -OCH3 is 1. The lowest BCUT2D eigenvalue weighted by atomic mass is 10.2. The maximum Gasteiger partial charge on any atom is 0.181 e. The smallest absolute Gasteiger partial charge is 0.181 e. The molecule has 134 valence electrons. The highest BCUT2D eigenvalue weighted by Gasteiger charge is 2.42. The van der Waals surface area contributed by atoms with Crippen LogP contribution in [0.25, 0.3) is 17.1 Å². The molecule has 2 atom stereocenters. The summed E-state index contributed by atoms with van der Waals surface area (Å²) < 4.78 is 8.56. The van der Waals surface area contributed by atoms with Gasteiger partial charge in [-0.25, -0.2) is 9.67 Å². The van der Waals surface area contributed by atoms with Gasteiger partial charge in [0, 0.05) is 33.7 Å². The van der Waals surface area contributed by atoms with Gasteiger partial charge in [-0.1, -0.05) is 12.1 Å². The zero-order valence-electron chi connectivity index (χ0n) is 14.7. The lowest BCUT2D eigenvalue weighted by molar-refractivity contribution is 0.184. The van der Waals surface area contributed by atoms with E-state index in [0.717, 1.165) is 35.9 Å².